The number of nitrogens with zero attached hydrogens (tertiary/aromatic N) is 5. The van der Waals surface area contributed by atoms with Crippen LogP contribution in [-0.4, -0.2) is 123 Å². The molecular weight excluding hydrogens is 495 g/mol. The number of carbonyl (C=O) groups excluding carboxylic acids is 1. The Morgan fingerprint density at radius 3 is 2.40 bits per heavy atom. The second-order valence-electron chi connectivity index (χ2n) is 8.48. The summed E-state index contributed by atoms with van der Waals surface area (Å²) in [6, 6.07) is 0.541. The summed E-state index contributed by atoms with van der Waals surface area (Å²) in [6.07, 6.45) is 4.80. The molecule has 8 nitrogen and oxygen atoms in total. The van der Waals surface area contributed by atoms with Crippen molar-refractivity contribution in [2.75, 3.05) is 79.7 Å². The summed E-state index contributed by atoms with van der Waals surface area (Å²) in [4.78, 5) is 26.4. The molecule has 3 aliphatic heterocycles. The number of carbonyl (C=O) groups is 1. The van der Waals surface area contributed by atoms with Crippen LogP contribution in [0, 0.1) is 0 Å². The van der Waals surface area contributed by atoms with Crippen molar-refractivity contribution < 1.29 is 9.53 Å². The number of halogens is 1. The molecule has 3 rings (SSSR count). The molecule has 1 amide bonds. The summed E-state index contributed by atoms with van der Waals surface area (Å²) < 4.78 is 5.25. The number of nitrogens with one attached hydrogen (secondary N) is 1. The number of ether oxygens (including phenoxy) is 1. The molecule has 2 atom stereocenters. The lowest BCUT2D eigenvalue weighted by atomic mass is 10.2. The fourth-order valence-electron chi connectivity index (χ4n) is 4.85. The normalized spacial score (nSPS) is 24.8. The minimum absolute atomic E-state index is 0. The molecule has 9 heteroatoms. The quantitative estimate of drug-likeness (QED) is 0.297. The molecule has 0 bridgehead atoms. The lowest BCUT2D eigenvalue weighted by molar-refractivity contribution is -0.135. The molecule has 0 spiro atoms. The van der Waals surface area contributed by atoms with E-state index in [1.54, 1.807) is 7.11 Å². The number of aliphatic imine (C=N–C) groups is 1. The highest BCUT2D eigenvalue weighted by molar-refractivity contribution is 14.0. The summed E-state index contributed by atoms with van der Waals surface area (Å²) in [5, 5.41) is 3.60. The Bertz CT molecular complexity index is 550. The van der Waals surface area contributed by atoms with Crippen molar-refractivity contribution in [3.8, 4) is 0 Å². The van der Waals surface area contributed by atoms with Crippen LogP contribution >= 0.6 is 24.0 Å². The van der Waals surface area contributed by atoms with Gasteiger partial charge >= 0.3 is 0 Å². The molecule has 3 aliphatic rings. The fourth-order valence-corrected chi connectivity index (χ4v) is 4.85. The first-order valence-electron chi connectivity index (χ1n) is 11.4. The van der Waals surface area contributed by atoms with Crippen molar-refractivity contribution in [3.05, 3.63) is 0 Å². The van der Waals surface area contributed by atoms with E-state index in [0.717, 1.165) is 84.3 Å². The lowest BCUT2D eigenvalue weighted by Gasteiger charge is -2.40. The molecule has 3 saturated heterocycles. The smallest absolute Gasteiger partial charge is 0.239 e. The largest absolute Gasteiger partial charge is 0.383 e. The summed E-state index contributed by atoms with van der Waals surface area (Å²) in [5.41, 5.74) is 0. The molecule has 0 aliphatic carbocycles. The number of hydrogen-bond acceptors (Lipinski definition) is 5. The van der Waals surface area contributed by atoms with E-state index in [-0.39, 0.29) is 30.0 Å². The highest BCUT2D eigenvalue weighted by Crippen LogP contribution is 2.17. The van der Waals surface area contributed by atoms with E-state index in [1.807, 2.05) is 11.9 Å². The molecule has 0 aromatic rings. The first kappa shape index (κ1) is 25.6. The maximum absolute atomic E-state index is 12.7. The first-order valence-corrected chi connectivity index (χ1v) is 11.4. The van der Waals surface area contributed by atoms with Crippen LogP contribution in [0.1, 0.15) is 32.6 Å². The molecule has 0 radical (unpaired) electrons. The molecule has 1 N–H and O–H groups in total. The van der Waals surface area contributed by atoms with Gasteiger partial charge in [0, 0.05) is 72.6 Å². The van der Waals surface area contributed by atoms with Crippen molar-refractivity contribution in [1.29, 1.82) is 0 Å². The van der Waals surface area contributed by atoms with Gasteiger partial charge in [-0.3, -0.25) is 19.6 Å². The third kappa shape index (κ3) is 6.67. The van der Waals surface area contributed by atoms with Gasteiger partial charge in [0.05, 0.1) is 12.6 Å². The monoisotopic (exact) mass is 536 g/mol. The lowest BCUT2D eigenvalue weighted by Crippen LogP contribution is -2.57. The van der Waals surface area contributed by atoms with Crippen molar-refractivity contribution >= 4 is 35.8 Å². The van der Waals surface area contributed by atoms with E-state index in [4.69, 9.17) is 4.74 Å². The average molecular weight is 537 g/mol. The van der Waals surface area contributed by atoms with Crippen LogP contribution in [0.2, 0.25) is 0 Å². The summed E-state index contributed by atoms with van der Waals surface area (Å²) >= 11 is 0. The Hall–Kier alpha value is -0.650. The van der Waals surface area contributed by atoms with E-state index in [0.29, 0.717) is 11.9 Å². The van der Waals surface area contributed by atoms with Crippen molar-refractivity contribution in [2.45, 2.75) is 44.7 Å². The number of hydrogen-bond donors (Lipinski definition) is 1. The average Bonchev–Trinajstić information content (AvgIpc) is 3.44. The molecule has 3 fully saturated rings. The van der Waals surface area contributed by atoms with Gasteiger partial charge in [0.1, 0.15) is 0 Å². The Balaban J connectivity index is 0.00000320. The summed E-state index contributed by atoms with van der Waals surface area (Å²) in [7, 11) is 3.63. The molecule has 0 aromatic carbocycles. The molecule has 0 aromatic heterocycles. The van der Waals surface area contributed by atoms with Gasteiger partial charge in [0.2, 0.25) is 5.91 Å². The van der Waals surface area contributed by atoms with Crippen LogP contribution in [0.15, 0.2) is 4.99 Å². The fraction of sp³-hybridized carbons (Fsp3) is 0.905. The zero-order valence-corrected chi connectivity index (χ0v) is 21.3. The van der Waals surface area contributed by atoms with Gasteiger partial charge in [0.25, 0.3) is 0 Å². The van der Waals surface area contributed by atoms with Gasteiger partial charge in [-0.25, -0.2) is 0 Å². The topological polar surface area (TPSA) is 63.7 Å². The summed E-state index contributed by atoms with van der Waals surface area (Å²) in [5.74, 6) is 1.29. The number of piperazine rings is 1. The maximum Gasteiger partial charge on any atom is 0.239 e. The third-order valence-corrected chi connectivity index (χ3v) is 6.73. The molecule has 3 heterocycles. The molecule has 0 saturated carbocycles. The van der Waals surface area contributed by atoms with Crippen LogP contribution in [0.25, 0.3) is 0 Å². The SMILES string of the molecule is CN=C(NCC1CCCN1CCOC)N1CCN(C(C)C(=O)N2CCCC2)CC1.I. The van der Waals surface area contributed by atoms with Gasteiger partial charge in [0.15, 0.2) is 5.96 Å². The highest BCUT2D eigenvalue weighted by atomic mass is 127. The predicted octanol–water partition coefficient (Wildman–Crippen LogP) is 0.919. The van der Waals surface area contributed by atoms with E-state index in [9.17, 15) is 4.79 Å². The van der Waals surface area contributed by atoms with Crippen molar-refractivity contribution in [2.24, 2.45) is 4.99 Å². The van der Waals surface area contributed by atoms with Gasteiger partial charge in [-0.05, 0) is 39.2 Å². The van der Waals surface area contributed by atoms with E-state index in [2.05, 4.69) is 31.9 Å². The second-order valence-corrected chi connectivity index (χ2v) is 8.48. The zero-order valence-electron chi connectivity index (χ0n) is 19.0. The third-order valence-electron chi connectivity index (χ3n) is 6.73. The number of guanidine groups is 1. The van der Waals surface area contributed by atoms with Gasteiger partial charge in [-0.15, -0.1) is 24.0 Å². The van der Waals surface area contributed by atoms with E-state index in [1.165, 1.54) is 12.8 Å². The number of likely N-dealkylation sites (tertiary alicyclic amines) is 2. The van der Waals surface area contributed by atoms with Crippen molar-refractivity contribution in [3.63, 3.8) is 0 Å². The number of rotatable bonds is 7. The van der Waals surface area contributed by atoms with Gasteiger partial charge < -0.3 is 19.9 Å². The van der Waals surface area contributed by atoms with Crippen LogP contribution in [-0.2, 0) is 9.53 Å². The first-order chi connectivity index (χ1) is 14.1. The van der Waals surface area contributed by atoms with Gasteiger partial charge in [-0.1, -0.05) is 0 Å². The van der Waals surface area contributed by atoms with E-state index < -0.39 is 0 Å². The Morgan fingerprint density at radius 1 is 1.07 bits per heavy atom. The standard InChI is InChI=1S/C21H40N6O2.HI/c1-18(20(28)26-8-4-5-9-26)24-11-13-27(14-12-24)21(22-2)23-17-19-7-6-10-25(19)15-16-29-3;/h18-19H,4-17H2,1-3H3,(H,22,23);1H. The number of methoxy groups -OCH3 is 1. The Kier molecular flexibility index (Phi) is 11.1. The predicted molar refractivity (Wildman–Crippen MR) is 132 cm³/mol. The Morgan fingerprint density at radius 2 is 1.77 bits per heavy atom. The van der Waals surface area contributed by atoms with Crippen LogP contribution in [0.3, 0.4) is 0 Å². The molecule has 2 unspecified atom stereocenters. The molecule has 30 heavy (non-hydrogen) atoms. The summed E-state index contributed by atoms with van der Waals surface area (Å²) in [6.45, 7) is 11.5. The number of amides is 1. The van der Waals surface area contributed by atoms with Crippen LogP contribution in [0.5, 0.6) is 0 Å². The minimum atomic E-state index is -0.0157. The maximum atomic E-state index is 12.7. The van der Waals surface area contributed by atoms with E-state index >= 15 is 0 Å². The minimum Gasteiger partial charge on any atom is -0.383 e. The second kappa shape index (κ2) is 13.0. The molecular formula is C21H41IN6O2. The van der Waals surface area contributed by atoms with Crippen molar-refractivity contribution in [1.82, 2.24) is 24.9 Å². The highest BCUT2D eigenvalue weighted by Gasteiger charge is 2.31. The van der Waals surface area contributed by atoms with Crippen LogP contribution < -0.4 is 5.32 Å². The zero-order chi connectivity index (χ0) is 20.6. The van der Waals surface area contributed by atoms with Crippen LogP contribution in [0.4, 0.5) is 0 Å². The van der Waals surface area contributed by atoms with Gasteiger partial charge in [-0.2, -0.15) is 0 Å². The Labute approximate surface area is 199 Å². The molecule has 174 valence electrons.